The molecule has 78 valence electrons. The highest BCUT2D eigenvalue weighted by Gasteiger charge is 1.92. The molecule has 1 fully saturated rings. The van der Waals surface area contributed by atoms with E-state index < -0.39 is 6.09 Å². The van der Waals surface area contributed by atoms with Crippen molar-refractivity contribution in [2.45, 2.75) is 19.8 Å². The Morgan fingerprint density at radius 2 is 2.00 bits per heavy atom. The molecule has 1 aliphatic rings. The van der Waals surface area contributed by atoms with Crippen LogP contribution in [0.3, 0.4) is 0 Å². The lowest BCUT2D eigenvalue weighted by Gasteiger charge is -2.10. The maximum Gasteiger partial charge on any atom is 0.421 e. The van der Waals surface area contributed by atoms with E-state index in [1.165, 1.54) is 12.8 Å². The van der Waals surface area contributed by atoms with Crippen LogP contribution in [0, 0.1) is 0 Å². The van der Waals surface area contributed by atoms with Crippen LogP contribution in [0.1, 0.15) is 19.8 Å². The second-order valence-electron chi connectivity index (χ2n) is 2.43. The van der Waals surface area contributed by atoms with Crippen molar-refractivity contribution in [1.82, 2.24) is 16.3 Å². The average molecular weight is 190 g/mol. The predicted molar refractivity (Wildman–Crippen MR) is 49.6 cm³/mol. The molecule has 5 N–H and O–H groups in total. The Bertz CT molecular complexity index is 116. The third-order valence-corrected chi connectivity index (χ3v) is 1.37. The lowest BCUT2D eigenvalue weighted by atomic mass is 10.3. The maximum atomic E-state index is 9.95. The number of amides is 1. The van der Waals surface area contributed by atoms with E-state index in [0.717, 1.165) is 13.1 Å². The molecule has 0 bridgehead atoms. The molecular formula is C7H18N4O2. The zero-order valence-corrected chi connectivity index (χ0v) is 7.93. The topological polar surface area (TPSA) is 88.4 Å². The molecule has 1 amide bonds. The summed E-state index contributed by atoms with van der Waals surface area (Å²) in [5.41, 5.74) is 7.87. The molecule has 0 aromatic heterocycles. The molecule has 6 heteroatoms. The molecule has 0 radical (unpaired) electrons. The van der Waals surface area contributed by atoms with Crippen molar-refractivity contribution in [2.75, 3.05) is 19.7 Å². The van der Waals surface area contributed by atoms with E-state index in [4.69, 9.17) is 0 Å². The average Bonchev–Trinajstić information content (AvgIpc) is 2.22. The zero-order chi connectivity index (χ0) is 9.94. The van der Waals surface area contributed by atoms with E-state index in [1.54, 1.807) is 12.3 Å². The summed E-state index contributed by atoms with van der Waals surface area (Å²) in [5.74, 6) is 4.63. The molecule has 0 unspecified atom stereocenters. The van der Waals surface area contributed by atoms with Crippen LogP contribution in [-0.4, -0.2) is 25.8 Å². The number of nitrogens with two attached hydrogens (primary N) is 1. The maximum absolute atomic E-state index is 9.95. The van der Waals surface area contributed by atoms with E-state index in [1.807, 2.05) is 0 Å². The van der Waals surface area contributed by atoms with Crippen LogP contribution < -0.4 is 22.1 Å². The van der Waals surface area contributed by atoms with Crippen molar-refractivity contribution in [2.24, 2.45) is 5.84 Å². The number of hydrazine groups is 2. The summed E-state index contributed by atoms with van der Waals surface area (Å²) in [6.07, 6.45) is 2.06. The van der Waals surface area contributed by atoms with Crippen molar-refractivity contribution in [3.8, 4) is 0 Å². The minimum Gasteiger partial charge on any atom is -0.449 e. The number of rotatable bonds is 1. The lowest BCUT2D eigenvalue weighted by molar-refractivity contribution is 0.152. The Balaban J connectivity index is 0.000000223. The highest BCUT2D eigenvalue weighted by molar-refractivity contribution is 5.66. The summed E-state index contributed by atoms with van der Waals surface area (Å²) in [4.78, 5) is 9.95. The van der Waals surface area contributed by atoms with Crippen molar-refractivity contribution in [3.05, 3.63) is 0 Å². The molecule has 1 aliphatic heterocycles. The molecule has 0 aromatic carbocycles. The molecule has 0 spiro atoms. The fourth-order valence-corrected chi connectivity index (χ4v) is 0.776. The van der Waals surface area contributed by atoms with Gasteiger partial charge in [-0.25, -0.2) is 10.6 Å². The smallest absolute Gasteiger partial charge is 0.421 e. The first-order chi connectivity index (χ1) is 6.31. The number of hydrogen-bond donors (Lipinski definition) is 4. The fraction of sp³-hybridized carbons (Fsp3) is 0.857. The van der Waals surface area contributed by atoms with Gasteiger partial charge in [-0.2, -0.15) is 0 Å². The molecule has 1 heterocycles. The number of ether oxygens (including phenoxy) is 1. The Kier molecular flexibility index (Phi) is 8.64. The first kappa shape index (κ1) is 12.2. The van der Waals surface area contributed by atoms with Crippen LogP contribution >= 0.6 is 0 Å². The van der Waals surface area contributed by atoms with Gasteiger partial charge in [0.05, 0.1) is 6.61 Å². The normalized spacial score (nSPS) is 15.2. The zero-order valence-electron chi connectivity index (χ0n) is 7.93. The highest BCUT2D eigenvalue weighted by Crippen LogP contribution is 1.85. The van der Waals surface area contributed by atoms with Crippen molar-refractivity contribution < 1.29 is 9.53 Å². The molecular weight excluding hydrogens is 172 g/mol. The predicted octanol–water partition coefficient (Wildman–Crippen LogP) is -0.519. The summed E-state index contributed by atoms with van der Waals surface area (Å²) < 4.78 is 4.32. The Morgan fingerprint density at radius 1 is 1.46 bits per heavy atom. The van der Waals surface area contributed by atoms with Crippen LogP contribution in [0.15, 0.2) is 0 Å². The van der Waals surface area contributed by atoms with Crippen molar-refractivity contribution in [1.29, 1.82) is 0 Å². The van der Waals surface area contributed by atoms with E-state index in [9.17, 15) is 4.79 Å². The third-order valence-electron chi connectivity index (χ3n) is 1.37. The molecule has 0 aromatic rings. The van der Waals surface area contributed by atoms with Gasteiger partial charge in [0.15, 0.2) is 0 Å². The molecule has 0 aliphatic carbocycles. The Morgan fingerprint density at radius 3 is 2.15 bits per heavy atom. The van der Waals surface area contributed by atoms with Crippen LogP contribution in [0.25, 0.3) is 0 Å². The van der Waals surface area contributed by atoms with Gasteiger partial charge in [0, 0.05) is 13.1 Å². The van der Waals surface area contributed by atoms with Gasteiger partial charge in [-0.15, -0.1) is 0 Å². The van der Waals surface area contributed by atoms with Gasteiger partial charge >= 0.3 is 6.09 Å². The molecule has 1 rings (SSSR count). The monoisotopic (exact) mass is 190 g/mol. The summed E-state index contributed by atoms with van der Waals surface area (Å²) in [7, 11) is 0. The van der Waals surface area contributed by atoms with Gasteiger partial charge in [0.2, 0.25) is 0 Å². The van der Waals surface area contributed by atoms with Crippen LogP contribution in [0.5, 0.6) is 0 Å². The third kappa shape index (κ3) is 9.06. The second-order valence-corrected chi connectivity index (χ2v) is 2.43. The summed E-state index contributed by atoms with van der Waals surface area (Å²) in [6.45, 7) is 4.33. The van der Waals surface area contributed by atoms with Crippen molar-refractivity contribution in [3.63, 3.8) is 0 Å². The summed E-state index contributed by atoms with van der Waals surface area (Å²) in [6, 6.07) is 0. The van der Waals surface area contributed by atoms with Crippen LogP contribution in [-0.2, 0) is 4.74 Å². The van der Waals surface area contributed by atoms with Crippen LogP contribution in [0.4, 0.5) is 4.79 Å². The molecule has 0 saturated carbocycles. The van der Waals surface area contributed by atoms with Gasteiger partial charge in [0.25, 0.3) is 0 Å². The summed E-state index contributed by atoms with van der Waals surface area (Å²) in [5, 5.41) is 0. The Labute approximate surface area is 78.1 Å². The SMILES string of the molecule is C1CCNNC1.CCOC(=O)NN. The van der Waals surface area contributed by atoms with Gasteiger partial charge < -0.3 is 4.74 Å². The van der Waals surface area contributed by atoms with Crippen LogP contribution in [0.2, 0.25) is 0 Å². The van der Waals surface area contributed by atoms with Gasteiger partial charge in [-0.3, -0.25) is 16.3 Å². The minimum atomic E-state index is -0.595. The molecule has 6 nitrogen and oxygen atoms in total. The first-order valence-electron chi connectivity index (χ1n) is 4.40. The van der Waals surface area contributed by atoms with Crippen molar-refractivity contribution >= 4 is 6.09 Å². The van der Waals surface area contributed by atoms with E-state index >= 15 is 0 Å². The Hall–Kier alpha value is -0.850. The molecule has 1 saturated heterocycles. The number of carbonyl (C=O) groups is 1. The quantitative estimate of drug-likeness (QED) is 0.254. The van der Waals surface area contributed by atoms with Gasteiger partial charge in [0.1, 0.15) is 0 Å². The number of nitrogens with one attached hydrogen (secondary N) is 3. The number of hydrogen-bond acceptors (Lipinski definition) is 5. The van der Waals surface area contributed by atoms with E-state index in [0.29, 0.717) is 6.61 Å². The number of carbonyl (C=O) groups excluding carboxylic acids is 1. The van der Waals surface area contributed by atoms with E-state index in [2.05, 4.69) is 21.4 Å². The fourth-order valence-electron chi connectivity index (χ4n) is 0.776. The second kappa shape index (κ2) is 9.24. The van der Waals surface area contributed by atoms with Gasteiger partial charge in [-0.1, -0.05) is 0 Å². The molecule has 13 heavy (non-hydrogen) atoms. The standard InChI is InChI=1S/C4H10N2.C3H8N2O2/c1-2-4-6-5-3-1;1-2-7-3(6)5-4/h5-6H,1-4H2;2,4H2,1H3,(H,5,6). The summed E-state index contributed by atoms with van der Waals surface area (Å²) >= 11 is 0. The molecule has 0 atom stereocenters. The largest absolute Gasteiger partial charge is 0.449 e. The first-order valence-corrected chi connectivity index (χ1v) is 4.40. The lowest BCUT2D eigenvalue weighted by Crippen LogP contribution is -2.37. The van der Waals surface area contributed by atoms with E-state index in [-0.39, 0.29) is 0 Å². The highest BCUT2D eigenvalue weighted by atomic mass is 16.5. The van der Waals surface area contributed by atoms with Gasteiger partial charge in [-0.05, 0) is 19.8 Å². The minimum absolute atomic E-state index is 0.350.